The van der Waals surface area contributed by atoms with Crippen LogP contribution < -0.4 is 20.1 Å². The second kappa shape index (κ2) is 12.1. The molecule has 2 aromatic carbocycles. The van der Waals surface area contributed by atoms with E-state index in [0.717, 1.165) is 24.2 Å². The van der Waals surface area contributed by atoms with Gasteiger partial charge in [-0.2, -0.15) is 0 Å². The first-order valence-electron chi connectivity index (χ1n) is 9.42. The van der Waals surface area contributed by atoms with Crippen LogP contribution in [0.15, 0.2) is 36.4 Å². The Balaban J connectivity index is 1.97. The molecule has 0 aliphatic heterocycles. The summed E-state index contributed by atoms with van der Waals surface area (Å²) >= 11 is 12.7. The molecule has 0 spiro atoms. The largest absolute Gasteiger partial charge is 0.490 e. The minimum absolute atomic E-state index is 0.312. The molecule has 0 aliphatic rings. The van der Waals surface area contributed by atoms with Crippen molar-refractivity contribution in [3.05, 3.63) is 57.6 Å². The highest BCUT2D eigenvalue weighted by Crippen LogP contribution is 2.37. The fourth-order valence-corrected chi connectivity index (χ4v) is 3.09. The minimum Gasteiger partial charge on any atom is -0.490 e. The molecule has 0 aliphatic carbocycles. The molecule has 2 aromatic rings. The Morgan fingerprint density at radius 3 is 2.50 bits per heavy atom. The molecule has 7 heteroatoms. The maximum Gasteiger partial charge on any atom is 0.180 e. The summed E-state index contributed by atoms with van der Waals surface area (Å²) in [6.07, 6.45) is -0.342. The van der Waals surface area contributed by atoms with Gasteiger partial charge < -0.3 is 25.2 Å². The van der Waals surface area contributed by atoms with Crippen LogP contribution in [-0.4, -0.2) is 37.5 Å². The summed E-state index contributed by atoms with van der Waals surface area (Å²) in [4.78, 5) is 0. The molecule has 0 heterocycles. The molecule has 3 N–H and O–H groups in total. The highest BCUT2D eigenvalue weighted by atomic mass is 35.5. The normalized spacial score (nSPS) is 12.0. The van der Waals surface area contributed by atoms with Gasteiger partial charge in [0.25, 0.3) is 0 Å². The van der Waals surface area contributed by atoms with E-state index >= 15 is 0 Å². The summed E-state index contributed by atoms with van der Waals surface area (Å²) in [6, 6.07) is 11.4. The maximum atomic E-state index is 9.23. The Morgan fingerprint density at radius 2 is 1.79 bits per heavy atom. The average Bonchev–Trinajstić information content (AvgIpc) is 2.65. The van der Waals surface area contributed by atoms with E-state index in [4.69, 9.17) is 32.7 Å². The number of benzene rings is 2. The summed E-state index contributed by atoms with van der Waals surface area (Å²) in [5.74, 6) is 1.14. The summed E-state index contributed by atoms with van der Waals surface area (Å²) in [5.41, 5.74) is 1.90. The molecule has 2 rings (SSSR count). The van der Waals surface area contributed by atoms with Gasteiger partial charge in [0.1, 0.15) is 6.61 Å². The SMILES string of the molecule is CCOc1cc(CNCCNC[C@@H](C)O)cc(Cl)c1OCc1ccccc1Cl. The van der Waals surface area contributed by atoms with E-state index in [9.17, 15) is 5.11 Å². The lowest BCUT2D eigenvalue weighted by atomic mass is 10.2. The molecule has 0 amide bonds. The van der Waals surface area contributed by atoms with Crippen molar-refractivity contribution >= 4 is 23.2 Å². The topological polar surface area (TPSA) is 62.8 Å². The van der Waals surface area contributed by atoms with Crippen LogP contribution in [-0.2, 0) is 13.2 Å². The average molecular weight is 427 g/mol. The van der Waals surface area contributed by atoms with E-state index in [1.165, 1.54) is 0 Å². The lowest BCUT2D eigenvalue weighted by molar-refractivity contribution is 0.191. The van der Waals surface area contributed by atoms with E-state index in [0.29, 0.717) is 47.8 Å². The number of rotatable bonds is 12. The lowest BCUT2D eigenvalue weighted by Gasteiger charge is -2.16. The summed E-state index contributed by atoms with van der Waals surface area (Å²) < 4.78 is 11.7. The third kappa shape index (κ3) is 7.49. The van der Waals surface area contributed by atoms with Crippen LogP contribution in [0.25, 0.3) is 0 Å². The summed E-state index contributed by atoms with van der Waals surface area (Å²) in [7, 11) is 0. The quantitative estimate of drug-likeness (QED) is 0.447. The first-order valence-corrected chi connectivity index (χ1v) is 10.2. The van der Waals surface area contributed by atoms with Gasteiger partial charge in [0.05, 0.1) is 17.7 Å². The molecule has 0 unspecified atom stereocenters. The smallest absolute Gasteiger partial charge is 0.180 e. The van der Waals surface area contributed by atoms with Crippen LogP contribution in [0.1, 0.15) is 25.0 Å². The monoisotopic (exact) mass is 426 g/mol. The van der Waals surface area contributed by atoms with E-state index in [1.54, 1.807) is 6.92 Å². The van der Waals surface area contributed by atoms with Gasteiger partial charge in [-0.05, 0) is 37.6 Å². The van der Waals surface area contributed by atoms with Crippen LogP contribution in [0, 0.1) is 0 Å². The van der Waals surface area contributed by atoms with Gasteiger partial charge in [0, 0.05) is 36.8 Å². The minimum atomic E-state index is -0.342. The van der Waals surface area contributed by atoms with Gasteiger partial charge in [-0.3, -0.25) is 0 Å². The Hall–Kier alpha value is -1.50. The van der Waals surface area contributed by atoms with Gasteiger partial charge in [0.15, 0.2) is 11.5 Å². The van der Waals surface area contributed by atoms with Crippen molar-refractivity contribution in [1.29, 1.82) is 0 Å². The standard InChI is InChI=1S/C21H28Cl2N2O3/c1-3-27-20-11-16(13-25-9-8-24-12-15(2)26)10-19(23)21(20)28-14-17-6-4-5-7-18(17)22/h4-7,10-11,15,24-26H,3,8-9,12-14H2,1-2H3/t15-/m1/s1. The van der Waals surface area contributed by atoms with E-state index < -0.39 is 0 Å². The van der Waals surface area contributed by atoms with Crippen molar-refractivity contribution in [2.45, 2.75) is 33.1 Å². The number of aliphatic hydroxyl groups is 1. The van der Waals surface area contributed by atoms with Crippen LogP contribution in [0.5, 0.6) is 11.5 Å². The zero-order valence-electron chi connectivity index (χ0n) is 16.3. The molecule has 0 bridgehead atoms. The first kappa shape index (κ1) is 22.8. The molecule has 0 saturated heterocycles. The van der Waals surface area contributed by atoms with Gasteiger partial charge >= 0.3 is 0 Å². The predicted molar refractivity (Wildman–Crippen MR) is 115 cm³/mol. The van der Waals surface area contributed by atoms with Gasteiger partial charge in [0.2, 0.25) is 0 Å². The molecule has 0 saturated carbocycles. The molecule has 0 aromatic heterocycles. The maximum absolute atomic E-state index is 9.23. The fraction of sp³-hybridized carbons (Fsp3) is 0.429. The second-order valence-electron chi connectivity index (χ2n) is 6.45. The van der Waals surface area contributed by atoms with Gasteiger partial charge in [-0.1, -0.05) is 41.4 Å². The predicted octanol–water partition coefficient (Wildman–Crippen LogP) is 4.03. The molecular weight excluding hydrogens is 399 g/mol. The fourth-order valence-electron chi connectivity index (χ4n) is 2.61. The van der Waals surface area contributed by atoms with Gasteiger partial charge in [-0.15, -0.1) is 0 Å². The molecule has 0 fully saturated rings. The molecular formula is C21H28Cl2N2O3. The van der Waals surface area contributed by atoms with Crippen molar-refractivity contribution in [2.24, 2.45) is 0 Å². The van der Waals surface area contributed by atoms with Crippen molar-refractivity contribution in [1.82, 2.24) is 10.6 Å². The molecule has 5 nitrogen and oxygen atoms in total. The third-order valence-corrected chi connectivity index (χ3v) is 4.60. The van der Waals surface area contributed by atoms with Crippen molar-refractivity contribution in [2.75, 3.05) is 26.2 Å². The van der Waals surface area contributed by atoms with Crippen LogP contribution >= 0.6 is 23.2 Å². The Bertz CT molecular complexity index is 742. The van der Waals surface area contributed by atoms with Crippen molar-refractivity contribution in [3.63, 3.8) is 0 Å². The molecule has 154 valence electrons. The first-order chi connectivity index (χ1) is 13.5. The zero-order chi connectivity index (χ0) is 20.4. The van der Waals surface area contributed by atoms with Gasteiger partial charge in [-0.25, -0.2) is 0 Å². The van der Waals surface area contributed by atoms with E-state index in [2.05, 4.69) is 10.6 Å². The number of ether oxygens (including phenoxy) is 2. The third-order valence-electron chi connectivity index (χ3n) is 3.95. The van der Waals surface area contributed by atoms with E-state index in [-0.39, 0.29) is 6.10 Å². The number of halogens is 2. The van der Waals surface area contributed by atoms with Crippen molar-refractivity contribution in [3.8, 4) is 11.5 Å². The Labute approximate surface area is 177 Å². The second-order valence-corrected chi connectivity index (χ2v) is 7.26. The molecule has 1 atom stereocenters. The Morgan fingerprint density at radius 1 is 1.04 bits per heavy atom. The summed E-state index contributed by atoms with van der Waals surface area (Å²) in [6.45, 7) is 7.29. The molecule has 0 radical (unpaired) electrons. The van der Waals surface area contributed by atoms with Crippen LogP contribution in [0.3, 0.4) is 0 Å². The van der Waals surface area contributed by atoms with Crippen molar-refractivity contribution < 1.29 is 14.6 Å². The number of hydrogen-bond acceptors (Lipinski definition) is 5. The van der Waals surface area contributed by atoms with E-state index in [1.807, 2.05) is 43.3 Å². The number of hydrogen-bond donors (Lipinski definition) is 3. The van der Waals surface area contributed by atoms with Crippen LogP contribution in [0.2, 0.25) is 10.0 Å². The van der Waals surface area contributed by atoms with Crippen LogP contribution in [0.4, 0.5) is 0 Å². The lowest BCUT2D eigenvalue weighted by Crippen LogP contribution is -2.31. The molecule has 28 heavy (non-hydrogen) atoms. The number of aliphatic hydroxyl groups excluding tert-OH is 1. The zero-order valence-corrected chi connectivity index (χ0v) is 17.8. The highest BCUT2D eigenvalue weighted by molar-refractivity contribution is 6.32. The summed E-state index contributed by atoms with van der Waals surface area (Å²) in [5, 5.41) is 16.9. The number of nitrogens with one attached hydrogen (secondary N) is 2. The Kier molecular flexibility index (Phi) is 9.88. The highest BCUT2D eigenvalue weighted by Gasteiger charge is 2.13.